The number of fused-ring (bicyclic) bond motifs is 1. The average Bonchev–Trinajstić information content (AvgIpc) is 3.41. The number of anilines is 1. The summed E-state index contributed by atoms with van der Waals surface area (Å²) >= 11 is 6.00. The van der Waals surface area contributed by atoms with Crippen molar-refractivity contribution in [3.63, 3.8) is 0 Å². The SMILES string of the molecule is CN1CCN(C(=O)C2(c3ccc(Cl)cc3)CC2)Cc2ccccc21. The summed E-state index contributed by atoms with van der Waals surface area (Å²) < 4.78 is 0. The molecule has 0 atom stereocenters. The third-order valence-corrected chi connectivity index (χ3v) is 5.56. The number of carbonyl (C=O) groups is 1. The lowest BCUT2D eigenvalue weighted by molar-refractivity contribution is -0.134. The second-order valence-electron chi connectivity index (χ2n) is 6.87. The quantitative estimate of drug-likeness (QED) is 0.829. The van der Waals surface area contributed by atoms with Gasteiger partial charge in [0.1, 0.15) is 0 Å². The highest BCUT2D eigenvalue weighted by molar-refractivity contribution is 6.30. The van der Waals surface area contributed by atoms with Gasteiger partial charge in [0.2, 0.25) is 5.91 Å². The molecule has 4 rings (SSSR count). The molecule has 0 radical (unpaired) electrons. The lowest BCUT2D eigenvalue weighted by Crippen LogP contribution is -2.41. The van der Waals surface area contributed by atoms with Crippen LogP contribution in [-0.4, -0.2) is 30.9 Å². The van der Waals surface area contributed by atoms with Crippen molar-refractivity contribution in [2.24, 2.45) is 0 Å². The molecule has 0 spiro atoms. The van der Waals surface area contributed by atoms with Gasteiger partial charge in [-0.3, -0.25) is 4.79 Å². The molecular formula is C20H21ClN2O. The molecule has 4 heteroatoms. The van der Waals surface area contributed by atoms with Gasteiger partial charge in [-0.2, -0.15) is 0 Å². The van der Waals surface area contributed by atoms with Crippen LogP contribution in [0.2, 0.25) is 5.02 Å². The largest absolute Gasteiger partial charge is 0.373 e. The predicted molar refractivity (Wildman–Crippen MR) is 97.5 cm³/mol. The Morgan fingerprint density at radius 3 is 2.46 bits per heavy atom. The van der Waals surface area contributed by atoms with Crippen molar-refractivity contribution < 1.29 is 4.79 Å². The van der Waals surface area contributed by atoms with E-state index in [1.165, 1.54) is 11.3 Å². The first kappa shape index (κ1) is 15.5. The zero-order valence-electron chi connectivity index (χ0n) is 13.8. The van der Waals surface area contributed by atoms with Crippen LogP contribution >= 0.6 is 11.6 Å². The van der Waals surface area contributed by atoms with E-state index in [2.05, 4.69) is 30.1 Å². The van der Waals surface area contributed by atoms with Crippen molar-refractivity contribution in [2.75, 3.05) is 25.0 Å². The second kappa shape index (κ2) is 5.82. The van der Waals surface area contributed by atoms with Gasteiger partial charge in [-0.05, 0) is 42.2 Å². The first-order valence-electron chi connectivity index (χ1n) is 8.45. The highest BCUT2D eigenvalue weighted by Crippen LogP contribution is 2.50. The molecule has 24 heavy (non-hydrogen) atoms. The maximum atomic E-state index is 13.3. The summed E-state index contributed by atoms with van der Waals surface area (Å²) in [4.78, 5) is 17.6. The van der Waals surface area contributed by atoms with E-state index < -0.39 is 0 Å². The molecule has 0 saturated heterocycles. The summed E-state index contributed by atoms with van der Waals surface area (Å²) in [7, 11) is 2.10. The molecule has 1 fully saturated rings. The van der Waals surface area contributed by atoms with Gasteiger partial charge >= 0.3 is 0 Å². The Bertz CT molecular complexity index is 767. The third-order valence-electron chi connectivity index (χ3n) is 5.31. The lowest BCUT2D eigenvalue weighted by Gasteiger charge is -2.26. The zero-order valence-corrected chi connectivity index (χ0v) is 14.6. The van der Waals surface area contributed by atoms with Gasteiger partial charge in [0.15, 0.2) is 0 Å². The molecule has 2 aromatic carbocycles. The molecule has 0 unspecified atom stereocenters. The van der Waals surface area contributed by atoms with E-state index >= 15 is 0 Å². The van der Waals surface area contributed by atoms with E-state index in [-0.39, 0.29) is 11.3 Å². The van der Waals surface area contributed by atoms with Crippen molar-refractivity contribution in [1.82, 2.24) is 4.90 Å². The first-order valence-corrected chi connectivity index (χ1v) is 8.82. The van der Waals surface area contributed by atoms with Gasteiger partial charge in [-0.25, -0.2) is 0 Å². The van der Waals surface area contributed by atoms with Gasteiger partial charge < -0.3 is 9.80 Å². The van der Waals surface area contributed by atoms with Crippen LogP contribution in [0.4, 0.5) is 5.69 Å². The smallest absolute Gasteiger partial charge is 0.233 e. The van der Waals surface area contributed by atoms with Gasteiger partial charge in [-0.15, -0.1) is 0 Å². The molecule has 1 heterocycles. The van der Waals surface area contributed by atoms with E-state index in [0.717, 1.165) is 31.5 Å². The summed E-state index contributed by atoms with van der Waals surface area (Å²) in [5, 5.41) is 0.715. The molecule has 2 aliphatic rings. The second-order valence-corrected chi connectivity index (χ2v) is 7.30. The third kappa shape index (κ3) is 2.57. The Labute approximate surface area is 147 Å². The number of rotatable bonds is 2. The van der Waals surface area contributed by atoms with Gasteiger partial charge in [-0.1, -0.05) is 41.9 Å². The topological polar surface area (TPSA) is 23.6 Å². The van der Waals surface area contributed by atoms with Crippen LogP contribution in [0, 0.1) is 0 Å². The standard InChI is InChI=1S/C20H21ClN2O/c1-22-12-13-23(14-15-4-2-3-5-18(15)22)19(24)20(10-11-20)16-6-8-17(21)9-7-16/h2-9H,10-14H2,1H3. The van der Waals surface area contributed by atoms with Crippen LogP contribution in [-0.2, 0) is 16.8 Å². The molecule has 1 saturated carbocycles. The minimum absolute atomic E-state index is 0.259. The van der Waals surface area contributed by atoms with E-state index in [0.29, 0.717) is 11.6 Å². The maximum absolute atomic E-state index is 13.3. The van der Waals surface area contributed by atoms with Crippen molar-refractivity contribution in [3.8, 4) is 0 Å². The molecule has 1 aliphatic carbocycles. The zero-order chi connectivity index (χ0) is 16.7. The fourth-order valence-electron chi connectivity index (χ4n) is 3.69. The molecule has 3 nitrogen and oxygen atoms in total. The Hall–Kier alpha value is -2.00. The van der Waals surface area contributed by atoms with Crippen LogP contribution in [0.5, 0.6) is 0 Å². The molecule has 1 aliphatic heterocycles. The van der Waals surface area contributed by atoms with Crippen LogP contribution in [0.3, 0.4) is 0 Å². The van der Waals surface area contributed by atoms with Crippen LogP contribution in [0.1, 0.15) is 24.0 Å². The highest BCUT2D eigenvalue weighted by Gasteiger charge is 2.53. The fourth-order valence-corrected chi connectivity index (χ4v) is 3.81. The number of carbonyl (C=O) groups excluding carboxylic acids is 1. The van der Waals surface area contributed by atoms with Crippen molar-refractivity contribution in [3.05, 3.63) is 64.7 Å². The fraction of sp³-hybridized carbons (Fsp3) is 0.350. The highest BCUT2D eigenvalue weighted by atomic mass is 35.5. The molecule has 0 N–H and O–H groups in total. The summed E-state index contributed by atoms with van der Waals surface area (Å²) in [5.74, 6) is 0.259. The van der Waals surface area contributed by atoms with Gasteiger partial charge in [0.05, 0.1) is 5.41 Å². The minimum Gasteiger partial charge on any atom is -0.373 e. The van der Waals surface area contributed by atoms with E-state index in [1.54, 1.807) is 0 Å². The maximum Gasteiger partial charge on any atom is 0.233 e. The summed E-state index contributed by atoms with van der Waals surface area (Å²) in [5.41, 5.74) is 3.22. The van der Waals surface area contributed by atoms with Crippen molar-refractivity contribution in [2.45, 2.75) is 24.8 Å². The average molecular weight is 341 g/mol. The number of benzene rings is 2. The van der Waals surface area contributed by atoms with E-state index in [4.69, 9.17) is 11.6 Å². The molecule has 2 aromatic rings. The van der Waals surface area contributed by atoms with Crippen LogP contribution in [0.15, 0.2) is 48.5 Å². The summed E-state index contributed by atoms with van der Waals surface area (Å²) in [6.45, 7) is 2.31. The molecular weight excluding hydrogens is 320 g/mol. The number of para-hydroxylation sites is 1. The first-order chi connectivity index (χ1) is 11.6. The molecule has 0 bridgehead atoms. The van der Waals surface area contributed by atoms with Crippen molar-refractivity contribution >= 4 is 23.2 Å². The monoisotopic (exact) mass is 340 g/mol. The van der Waals surface area contributed by atoms with Crippen LogP contribution in [0.25, 0.3) is 0 Å². The van der Waals surface area contributed by atoms with E-state index in [9.17, 15) is 4.79 Å². The Morgan fingerprint density at radius 2 is 1.75 bits per heavy atom. The Balaban J connectivity index is 1.62. The Kier molecular flexibility index (Phi) is 3.76. The van der Waals surface area contributed by atoms with Crippen LogP contribution < -0.4 is 4.90 Å². The number of hydrogen-bond donors (Lipinski definition) is 0. The molecule has 124 valence electrons. The van der Waals surface area contributed by atoms with E-state index in [1.807, 2.05) is 35.2 Å². The van der Waals surface area contributed by atoms with Gasteiger partial charge in [0.25, 0.3) is 0 Å². The predicted octanol–water partition coefficient (Wildman–Crippen LogP) is 3.85. The Morgan fingerprint density at radius 1 is 1.04 bits per heavy atom. The number of hydrogen-bond acceptors (Lipinski definition) is 2. The normalized spacial score (nSPS) is 18.8. The summed E-state index contributed by atoms with van der Waals surface area (Å²) in [6, 6.07) is 16.1. The lowest BCUT2D eigenvalue weighted by atomic mass is 9.94. The summed E-state index contributed by atoms with van der Waals surface area (Å²) in [6.07, 6.45) is 1.86. The number of nitrogens with zero attached hydrogens (tertiary/aromatic N) is 2. The molecule has 0 aromatic heterocycles. The molecule has 1 amide bonds. The van der Waals surface area contributed by atoms with Gasteiger partial charge in [0, 0.05) is 37.4 Å². The van der Waals surface area contributed by atoms with Crippen molar-refractivity contribution in [1.29, 1.82) is 0 Å². The number of likely N-dealkylation sites (N-methyl/N-ethyl adjacent to an activating group) is 1. The number of amides is 1. The minimum atomic E-state index is -0.331. The number of halogens is 1.